The van der Waals surface area contributed by atoms with Gasteiger partial charge in [-0.25, -0.2) is 4.98 Å². The fraction of sp³-hybridized carbons (Fsp3) is 0.278. The molecule has 0 aliphatic heterocycles. The second-order valence-corrected chi connectivity index (χ2v) is 6.81. The molecule has 0 atom stereocenters. The first kappa shape index (κ1) is 19.1. The molecule has 6 nitrogen and oxygen atoms in total. The van der Waals surface area contributed by atoms with Crippen molar-refractivity contribution in [3.63, 3.8) is 0 Å². The van der Waals surface area contributed by atoms with Gasteiger partial charge in [0.2, 0.25) is 11.8 Å². The van der Waals surface area contributed by atoms with Crippen molar-refractivity contribution in [3.05, 3.63) is 52.1 Å². The number of likely N-dealkylation sites (N-methyl/N-ethyl adjacent to an activating group) is 1. The van der Waals surface area contributed by atoms with E-state index in [1.165, 1.54) is 0 Å². The lowest BCUT2D eigenvalue weighted by Gasteiger charge is -2.17. The van der Waals surface area contributed by atoms with Gasteiger partial charge in [-0.3, -0.25) is 14.5 Å². The highest BCUT2D eigenvalue weighted by Crippen LogP contribution is 2.19. The molecule has 2 aromatic rings. The minimum absolute atomic E-state index is 0.0952. The van der Waals surface area contributed by atoms with E-state index >= 15 is 0 Å². The monoisotopic (exact) mass is 404 g/mol. The van der Waals surface area contributed by atoms with Crippen LogP contribution in [0.15, 0.2) is 41.0 Å². The molecule has 1 heterocycles. The van der Waals surface area contributed by atoms with Gasteiger partial charge in [-0.2, -0.15) is 0 Å². The molecule has 0 fully saturated rings. The van der Waals surface area contributed by atoms with E-state index < -0.39 is 0 Å². The molecule has 132 valence electrons. The van der Waals surface area contributed by atoms with Crippen molar-refractivity contribution in [2.45, 2.75) is 13.8 Å². The number of amides is 2. The van der Waals surface area contributed by atoms with Crippen LogP contribution in [0.4, 0.5) is 11.5 Å². The number of aryl methyl sites for hydroxylation is 2. The molecule has 0 spiro atoms. The van der Waals surface area contributed by atoms with Crippen molar-refractivity contribution in [1.82, 2.24) is 9.88 Å². The Labute approximate surface area is 155 Å². The summed E-state index contributed by atoms with van der Waals surface area (Å²) in [5.74, 6) is 0.0910. The van der Waals surface area contributed by atoms with Gasteiger partial charge in [0.05, 0.1) is 13.1 Å². The van der Waals surface area contributed by atoms with Gasteiger partial charge in [0.15, 0.2) is 0 Å². The molecule has 0 aliphatic carbocycles. The fourth-order valence-electron chi connectivity index (χ4n) is 2.37. The summed E-state index contributed by atoms with van der Waals surface area (Å²) in [6, 6.07) is 9.35. The Kier molecular flexibility index (Phi) is 6.66. The average Bonchev–Trinajstić information content (AvgIpc) is 2.53. The van der Waals surface area contributed by atoms with Crippen LogP contribution >= 0.6 is 15.9 Å². The zero-order valence-corrected chi connectivity index (χ0v) is 16.1. The molecular weight excluding hydrogens is 384 g/mol. The first-order valence-corrected chi connectivity index (χ1v) is 8.60. The van der Waals surface area contributed by atoms with Gasteiger partial charge in [-0.05, 0) is 60.1 Å². The lowest BCUT2D eigenvalue weighted by Crippen LogP contribution is -2.36. The van der Waals surface area contributed by atoms with E-state index in [4.69, 9.17) is 0 Å². The van der Waals surface area contributed by atoms with Crippen molar-refractivity contribution < 1.29 is 9.59 Å². The number of pyridine rings is 1. The normalized spacial score (nSPS) is 10.6. The van der Waals surface area contributed by atoms with E-state index in [1.807, 2.05) is 32.0 Å². The van der Waals surface area contributed by atoms with Crippen molar-refractivity contribution in [1.29, 1.82) is 0 Å². The van der Waals surface area contributed by atoms with E-state index in [9.17, 15) is 9.59 Å². The second-order valence-electron chi connectivity index (χ2n) is 5.90. The predicted octanol–water partition coefficient (Wildman–Crippen LogP) is 2.97. The number of halogens is 1. The number of benzene rings is 1. The first-order valence-electron chi connectivity index (χ1n) is 7.81. The highest BCUT2D eigenvalue weighted by atomic mass is 79.9. The maximum absolute atomic E-state index is 12.2. The molecule has 2 rings (SSSR count). The molecule has 0 saturated carbocycles. The van der Waals surface area contributed by atoms with Gasteiger partial charge >= 0.3 is 0 Å². The summed E-state index contributed by atoms with van der Waals surface area (Å²) in [5, 5.41) is 5.61. The van der Waals surface area contributed by atoms with E-state index in [0.29, 0.717) is 5.82 Å². The summed E-state index contributed by atoms with van der Waals surface area (Å²) in [5.41, 5.74) is 2.84. The molecule has 0 aliphatic rings. The van der Waals surface area contributed by atoms with E-state index in [1.54, 1.807) is 30.3 Å². The van der Waals surface area contributed by atoms with E-state index in [2.05, 4.69) is 31.5 Å². The quantitative estimate of drug-likeness (QED) is 0.775. The minimum atomic E-state index is -0.225. The maximum Gasteiger partial charge on any atom is 0.239 e. The minimum Gasteiger partial charge on any atom is -0.324 e. The second kappa shape index (κ2) is 8.73. The Morgan fingerprint density at radius 3 is 2.20 bits per heavy atom. The third-order valence-electron chi connectivity index (χ3n) is 3.57. The number of aromatic nitrogens is 1. The van der Waals surface area contributed by atoms with Crippen LogP contribution in [0.1, 0.15) is 11.1 Å². The van der Waals surface area contributed by atoms with Crippen LogP contribution in [0.3, 0.4) is 0 Å². The number of carbonyl (C=O) groups excluding carboxylic acids is 2. The van der Waals surface area contributed by atoms with Crippen LogP contribution in [0.25, 0.3) is 0 Å². The zero-order chi connectivity index (χ0) is 18.4. The fourth-order valence-corrected chi connectivity index (χ4v) is 2.60. The number of anilines is 2. The molecule has 2 amide bonds. The molecule has 1 aromatic carbocycles. The molecule has 0 saturated heterocycles. The first-order chi connectivity index (χ1) is 11.8. The molecule has 25 heavy (non-hydrogen) atoms. The third-order valence-corrected chi connectivity index (χ3v) is 4.04. The predicted molar refractivity (Wildman–Crippen MR) is 103 cm³/mol. The Bertz CT molecular complexity index is 742. The molecule has 2 N–H and O–H groups in total. The van der Waals surface area contributed by atoms with Crippen LogP contribution in [0.2, 0.25) is 0 Å². The summed E-state index contributed by atoms with van der Waals surface area (Å²) in [6.07, 6.45) is 1.61. The number of hydrogen-bond donors (Lipinski definition) is 2. The molecule has 7 heteroatoms. The number of hydrogen-bond acceptors (Lipinski definition) is 4. The van der Waals surface area contributed by atoms with Crippen LogP contribution in [0.5, 0.6) is 0 Å². The summed E-state index contributed by atoms with van der Waals surface area (Å²) in [4.78, 5) is 30.0. The zero-order valence-electron chi connectivity index (χ0n) is 14.5. The van der Waals surface area contributed by atoms with Gasteiger partial charge < -0.3 is 10.6 Å². The van der Waals surface area contributed by atoms with E-state index in [-0.39, 0.29) is 24.9 Å². The largest absolute Gasteiger partial charge is 0.324 e. The van der Waals surface area contributed by atoms with Crippen molar-refractivity contribution in [2.24, 2.45) is 0 Å². The van der Waals surface area contributed by atoms with Crippen LogP contribution in [-0.2, 0) is 9.59 Å². The van der Waals surface area contributed by atoms with Crippen LogP contribution < -0.4 is 10.6 Å². The lowest BCUT2D eigenvalue weighted by atomic mass is 10.1. The summed E-state index contributed by atoms with van der Waals surface area (Å²) < 4.78 is 0.839. The number of nitrogens with one attached hydrogen (secondary N) is 2. The number of carbonyl (C=O) groups is 2. The average molecular weight is 405 g/mol. The highest BCUT2D eigenvalue weighted by Gasteiger charge is 2.13. The van der Waals surface area contributed by atoms with Crippen LogP contribution in [-0.4, -0.2) is 41.8 Å². The molecular formula is C18H21BrN4O2. The third kappa shape index (κ3) is 5.95. The van der Waals surface area contributed by atoms with Gasteiger partial charge in [-0.1, -0.05) is 18.2 Å². The standard InChI is InChI=1S/C18H21BrN4O2/c1-12-5-4-6-13(2)18(12)22-17(25)11-23(3)10-16(24)21-15-8-7-14(19)9-20-15/h4-9H,10-11H2,1-3H3,(H,22,25)(H,20,21,24). The Hall–Kier alpha value is -2.25. The highest BCUT2D eigenvalue weighted by molar-refractivity contribution is 9.10. The Morgan fingerprint density at radius 1 is 1.04 bits per heavy atom. The van der Waals surface area contributed by atoms with Gasteiger partial charge in [-0.15, -0.1) is 0 Å². The van der Waals surface area contributed by atoms with Crippen molar-refractivity contribution in [3.8, 4) is 0 Å². The Morgan fingerprint density at radius 2 is 1.64 bits per heavy atom. The topological polar surface area (TPSA) is 74.3 Å². The lowest BCUT2D eigenvalue weighted by molar-refractivity contribution is -0.119. The van der Waals surface area contributed by atoms with Crippen molar-refractivity contribution in [2.75, 3.05) is 30.8 Å². The molecule has 1 aromatic heterocycles. The van der Waals surface area contributed by atoms with Crippen molar-refractivity contribution >= 4 is 39.2 Å². The Balaban J connectivity index is 1.84. The number of rotatable bonds is 6. The van der Waals surface area contributed by atoms with E-state index in [0.717, 1.165) is 21.3 Å². The van der Waals surface area contributed by atoms with Gasteiger partial charge in [0, 0.05) is 16.4 Å². The van der Waals surface area contributed by atoms with Crippen LogP contribution in [0, 0.1) is 13.8 Å². The van der Waals surface area contributed by atoms with Gasteiger partial charge in [0.1, 0.15) is 5.82 Å². The summed E-state index contributed by atoms with van der Waals surface area (Å²) in [6.45, 7) is 4.11. The number of para-hydroxylation sites is 1. The summed E-state index contributed by atoms with van der Waals surface area (Å²) in [7, 11) is 1.72. The SMILES string of the molecule is Cc1cccc(C)c1NC(=O)CN(C)CC(=O)Nc1ccc(Br)cn1. The maximum atomic E-state index is 12.2. The smallest absolute Gasteiger partial charge is 0.239 e. The van der Waals surface area contributed by atoms with Gasteiger partial charge in [0.25, 0.3) is 0 Å². The molecule has 0 radical (unpaired) electrons. The number of nitrogens with zero attached hydrogens (tertiary/aromatic N) is 2. The molecule has 0 bridgehead atoms. The summed E-state index contributed by atoms with van der Waals surface area (Å²) >= 11 is 3.29. The molecule has 0 unspecified atom stereocenters.